The summed E-state index contributed by atoms with van der Waals surface area (Å²) in [6.45, 7) is 11.5. The molecule has 0 heterocycles. The van der Waals surface area contributed by atoms with Crippen molar-refractivity contribution in [3.8, 4) is 0 Å². The normalized spacial score (nSPS) is 26.1. The van der Waals surface area contributed by atoms with Crippen LogP contribution in [0.1, 0.15) is 57.6 Å². The molecule has 3 nitrogen and oxygen atoms in total. The molecule has 1 aromatic carbocycles. The monoisotopic (exact) mass is 425 g/mol. The summed E-state index contributed by atoms with van der Waals surface area (Å²) in [7, 11) is 2.18. The first-order valence-electron chi connectivity index (χ1n) is 12.1. The summed E-state index contributed by atoms with van der Waals surface area (Å²) < 4.78 is 5.99. The van der Waals surface area contributed by atoms with Crippen molar-refractivity contribution in [3.63, 3.8) is 0 Å². The van der Waals surface area contributed by atoms with Gasteiger partial charge in [0.25, 0.3) is 0 Å². The molecule has 0 spiro atoms. The zero-order valence-corrected chi connectivity index (χ0v) is 20.3. The standard InChI is InChI=1S/C28H43NO2/c1-21-10-8-12-22(16-21)11-6-7-13-25-26-18-23(17-24(26)19-27(25)30)20-31-15-9-14-29(5)28(2,3)4/h7-8,10,12-13,16-17,24-27,30H,6,9,11,14-15,18-20H2,1-5H3/b13-7+/t24-,25+,26-,27+/m0/s1. The lowest BCUT2D eigenvalue weighted by Gasteiger charge is -2.31. The Balaban J connectivity index is 1.38. The highest BCUT2D eigenvalue weighted by molar-refractivity contribution is 5.23. The third kappa shape index (κ3) is 7.03. The number of hydrogen-bond donors (Lipinski definition) is 1. The molecule has 0 bridgehead atoms. The van der Waals surface area contributed by atoms with Gasteiger partial charge in [0.15, 0.2) is 0 Å². The largest absolute Gasteiger partial charge is 0.392 e. The topological polar surface area (TPSA) is 32.7 Å². The molecule has 0 aliphatic heterocycles. The number of hydrogen-bond acceptors (Lipinski definition) is 3. The van der Waals surface area contributed by atoms with Gasteiger partial charge in [0.05, 0.1) is 12.7 Å². The molecule has 0 radical (unpaired) electrons. The Labute approximate surface area is 190 Å². The molecule has 1 saturated carbocycles. The molecule has 3 rings (SSSR count). The summed E-state index contributed by atoms with van der Waals surface area (Å²) in [6.07, 6.45) is 11.9. The lowest BCUT2D eigenvalue weighted by atomic mass is 9.89. The van der Waals surface area contributed by atoms with Crippen LogP contribution in [-0.4, -0.2) is 48.5 Å². The number of rotatable bonds is 10. The van der Waals surface area contributed by atoms with Crippen LogP contribution in [0.15, 0.2) is 48.1 Å². The van der Waals surface area contributed by atoms with E-state index in [1.807, 2.05) is 0 Å². The minimum Gasteiger partial charge on any atom is -0.392 e. The van der Waals surface area contributed by atoms with E-state index < -0.39 is 0 Å². The van der Waals surface area contributed by atoms with Crippen LogP contribution in [0.5, 0.6) is 0 Å². The number of benzene rings is 1. The molecule has 1 N–H and O–H groups in total. The average Bonchev–Trinajstić information content (AvgIpc) is 3.21. The Kier molecular flexibility index (Phi) is 8.55. The van der Waals surface area contributed by atoms with Crippen molar-refractivity contribution in [2.75, 3.05) is 26.8 Å². The van der Waals surface area contributed by atoms with Gasteiger partial charge in [-0.05, 0) is 89.8 Å². The Bertz CT molecular complexity index is 761. The Morgan fingerprint density at radius 3 is 2.81 bits per heavy atom. The number of fused-ring (bicyclic) bond motifs is 1. The SMILES string of the molecule is Cc1cccc(CC/C=C/[C@@H]2[C@H]3CC(COCCCN(C)C(C)(C)C)=C[C@H]3C[C@H]2O)c1. The Morgan fingerprint density at radius 1 is 1.26 bits per heavy atom. The van der Waals surface area contributed by atoms with Gasteiger partial charge in [0, 0.05) is 24.6 Å². The van der Waals surface area contributed by atoms with Gasteiger partial charge in [-0.25, -0.2) is 0 Å². The number of ether oxygens (including phenoxy) is 1. The average molecular weight is 426 g/mol. The number of aliphatic hydroxyl groups is 1. The second-order valence-electron chi connectivity index (χ2n) is 10.7. The lowest BCUT2D eigenvalue weighted by molar-refractivity contribution is 0.116. The molecule has 0 aromatic heterocycles. The summed E-state index contributed by atoms with van der Waals surface area (Å²) in [5, 5.41) is 10.6. The molecule has 172 valence electrons. The molecule has 2 aliphatic carbocycles. The van der Waals surface area contributed by atoms with Gasteiger partial charge in [0.1, 0.15) is 0 Å². The van der Waals surface area contributed by atoms with Crippen molar-refractivity contribution >= 4 is 0 Å². The second-order valence-corrected chi connectivity index (χ2v) is 10.7. The van der Waals surface area contributed by atoms with Crippen molar-refractivity contribution in [2.45, 2.75) is 71.4 Å². The third-order valence-corrected chi connectivity index (χ3v) is 7.21. The van der Waals surface area contributed by atoms with E-state index in [9.17, 15) is 5.11 Å². The quantitative estimate of drug-likeness (QED) is 0.393. The first-order chi connectivity index (χ1) is 14.7. The maximum atomic E-state index is 10.6. The molecular formula is C28H43NO2. The molecule has 1 fully saturated rings. The minimum absolute atomic E-state index is 0.197. The lowest BCUT2D eigenvalue weighted by Crippen LogP contribution is -2.38. The molecule has 0 saturated heterocycles. The first kappa shape index (κ1) is 24.2. The number of aryl methyl sites for hydroxylation is 2. The van der Waals surface area contributed by atoms with Crippen LogP contribution in [0, 0.1) is 24.7 Å². The predicted octanol–water partition coefficient (Wildman–Crippen LogP) is 5.56. The summed E-state index contributed by atoms with van der Waals surface area (Å²) >= 11 is 0. The predicted molar refractivity (Wildman–Crippen MR) is 130 cm³/mol. The Morgan fingerprint density at radius 2 is 2.06 bits per heavy atom. The molecule has 31 heavy (non-hydrogen) atoms. The van der Waals surface area contributed by atoms with E-state index >= 15 is 0 Å². The van der Waals surface area contributed by atoms with Gasteiger partial charge in [0.2, 0.25) is 0 Å². The molecule has 2 aliphatic rings. The van der Waals surface area contributed by atoms with Crippen LogP contribution in [0.2, 0.25) is 0 Å². The van der Waals surface area contributed by atoms with E-state index in [1.54, 1.807) is 0 Å². The van der Waals surface area contributed by atoms with Crippen LogP contribution in [0.4, 0.5) is 0 Å². The maximum Gasteiger partial charge on any atom is 0.0676 e. The number of allylic oxidation sites excluding steroid dienone is 2. The maximum absolute atomic E-state index is 10.6. The number of aliphatic hydroxyl groups excluding tert-OH is 1. The first-order valence-corrected chi connectivity index (χ1v) is 12.1. The molecule has 3 heteroatoms. The van der Waals surface area contributed by atoms with Gasteiger partial charge in [-0.3, -0.25) is 0 Å². The zero-order valence-electron chi connectivity index (χ0n) is 20.3. The van der Waals surface area contributed by atoms with E-state index in [2.05, 4.69) is 82.1 Å². The van der Waals surface area contributed by atoms with Gasteiger partial charge in [-0.15, -0.1) is 0 Å². The molecule has 0 unspecified atom stereocenters. The summed E-state index contributed by atoms with van der Waals surface area (Å²) in [6, 6.07) is 8.75. The van der Waals surface area contributed by atoms with Crippen molar-refractivity contribution in [1.82, 2.24) is 4.90 Å². The third-order valence-electron chi connectivity index (χ3n) is 7.21. The summed E-state index contributed by atoms with van der Waals surface area (Å²) in [4.78, 5) is 2.38. The smallest absolute Gasteiger partial charge is 0.0676 e. The Hall–Kier alpha value is -1.42. The van der Waals surface area contributed by atoms with Crippen molar-refractivity contribution in [2.24, 2.45) is 17.8 Å². The fraction of sp³-hybridized carbons (Fsp3) is 0.643. The van der Waals surface area contributed by atoms with E-state index in [0.717, 1.165) is 51.9 Å². The zero-order chi connectivity index (χ0) is 22.4. The van der Waals surface area contributed by atoms with E-state index in [-0.39, 0.29) is 17.6 Å². The van der Waals surface area contributed by atoms with Crippen molar-refractivity contribution < 1.29 is 9.84 Å². The van der Waals surface area contributed by atoms with Crippen LogP contribution in [0.25, 0.3) is 0 Å². The van der Waals surface area contributed by atoms with Gasteiger partial charge < -0.3 is 14.7 Å². The van der Waals surface area contributed by atoms with Crippen LogP contribution >= 0.6 is 0 Å². The van der Waals surface area contributed by atoms with Gasteiger partial charge >= 0.3 is 0 Å². The molecular weight excluding hydrogens is 382 g/mol. The van der Waals surface area contributed by atoms with Crippen LogP contribution in [-0.2, 0) is 11.2 Å². The van der Waals surface area contributed by atoms with Crippen molar-refractivity contribution in [1.29, 1.82) is 0 Å². The fourth-order valence-electron chi connectivity index (χ4n) is 5.03. The van der Waals surface area contributed by atoms with Gasteiger partial charge in [-0.1, -0.05) is 48.1 Å². The summed E-state index contributed by atoms with van der Waals surface area (Å²) in [5.74, 6) is 1.36. The highest BCUT2D eigenvalue weighted by Crippen LogP contribution is 2.47. The highest BCUT2D eigenvalue weighted by atomic mass is 16.5. The second kappa shape index (κ2) is 10.9. The van der Waals surface area contributed by atoms with E-state index in [1.165, 1.54) is 16.7 Å². The van der Waals surface area contributed by atoms with Crippen LogP contribution < -0.4 is 0 Å². The number of nitrogens with zero attached hydrogens (tertiary/aromatic N) is 1. The highest BCUT2D eigenvalue weighted by Gasteiger charge is 2.43. The van der Waals surface area contributed by atoms with Gasteiger partial charge in [-0.2, -0.15) is 0 Å². The molecule has 1 aromatic rings. The van der Waals surface area contributed by atoms with E-state index in [0.29, 0.717) is 11.8 Å². The minimum atomic E-state index is -0.197. The van der Waals surface area contributed by atoms with Crippen molar-refractivity contribution in [3.05, 3.63) is 59.2 Å². The molecule has 0 amide bonds. The fourth-order valence-corrected chi connectivity index (χ4v) is 5.03. The molecule has 4 atom stereocenters. The summed E-state index contributed by atoms with van der Waals surface area (Å²) in [5.41, 5.74) is 4.37. The van der Waals surface area contributed by atoms with Crippen LogP contribution in [0.3, 0.4) is 0 Å². The van der Waals surface area contributed by atoms with E-state index in [4.69, 9.17) is 4.74 Å².